The Morgan fingerprint density at radius 3 is 2.50 bits per heavy atom. The van der Waals surface area contributed by atoms with Crippen LogP contribution in [0.5, 0.6) is 0 Å². The Balaban J connectivity index is 2.63. The van der Waals surface area contributed by atoms with Crippen molar-refractivity contribution >= 4 is 46.7 Å². The van der Waals surface area contributed by atoms with Crippen LogP contribution >= 0.6 is 35.0 Å². The van der Waals surface area contributed by atoms with Gasteiger partial charge in [-0.1, -0.05) is 23.2 Å². The number of carboxylic acids is 1. The van der Waals surface area contributed by atoms with Crippen LogP contribution < -0.4 is 0 Å². The standard InChI is InChI=1S/C10H8Cl2O3S/c11-6-1-2-7(8(12)3-6)9(13)4-16-5-10(14)15/h1-3H,4-5H2,(H,14,15). The summed E-state index contributed by atoms with van der Waals surface area (Å²) in [6, 6.07) is 4.59. The molecule has 0 aromatic heterocycles. The Hall–Kier alpha value is -0.710. The van der Waals surface area contributed by atoms with E-state index >= 15 is 0 Å². The number of benzene rings is 1. The molecule has 0 amide bonds. The van der Waals surface area contributed by atoms with E-state index in [0.717, 1.165) is 11.8 Å². The average molecular weight is 279 g/mol. The first-order valence-electron chi connectivity index (χ1n) is 4.28. The number of carbonyl (C=O) groups excluding carboxylic acids is 1. The molecule has 1 aromatic carbocycles. The molecule has 3 nitrogen and oxygen atoms in total. The highest BCUT2D eigenvalue weighted by molar-refractivity contribution is 8.00. The third-order valence-corrected chi connectivity index (χ3v) is 3.16. The first-order valence-corrected chi connectivity index (χ1v) is 6.19. The molecule has 1 rings (SSSR count). The lowest BCUT2D eigenvalue weighted by Crippen LogP contribution is -2.06. The van der Waals surface area contributed by atoms with Crippen LogP contribution in [0.2, 0.25) is 10.0 Å². The fraction of sp³-hybridized carbons (Fsp3) is 0.200. The molecule has 0 atom stereocenters. The summed E-state index contributed by atoms with van der Waals surface area (Å²) in [6.07, 6.45) is 0. The zero-order valence-electron chi connectivity index (χ0n) is 8.07. The van der Waals surface area contributed by atoms with Crippen molar-refractivity contribution in [2.24, 2.45) is 0 Å². The molecular formula is C10H8Cl2O3S. The number of halogens is 2. The van der Waals surface area contributed by atoms with Gasteiger partial charge in [0.05, 0.1) is 16.5 Å². The van der Waals surface area contributed by atoms with Gasteiger partial charge in [0.2, 0.25) is 0 Å². The summed E-state index contributed by atoms with van der Waals surface area (Å²) in [6.45, 7) is 0. The molecule has 0 aliphatic carbocycles. The summed E-state index contributed by atoms with van der Waals surface area (Å²) in [5.74, 6) is -1.15. The van der Waals surface area contributed by atoms with E-state index in [4.69, 9.17) is 28.3 Å². The number of hydrogen-bond acceptors (Lipinski definition) is 3. The summed E-state index contributed by atoms with van der Waals surface area (Å²) in [5, 5.41) is 9.16. The number of carboxylic acid groups (broad SMARTS) is 1. The van der Waals surface area contributed by atoms with Crippen LogP contribution in [0.4, 0.5) is 0 Å². The number of aliphatic carboxylic acids is 1. The molecule has 0 bridgehead atoms. The fourth-order valence-corrected chi connectivity index (χ4v) is 2.16. The van der Waals surface area contributed by atoms with Gasteiger partial charge in [0, 0.05) is 10.6 Å². The van der Waals surface area contributed by atoms with Gasteiger partial charge in [0.25, 0.3) is 0 Å². The van der Waals surface area contributed by atoms with Crippen molar-refractivity contribution in [2.75, 3.05) is 11.5 Å². The molecule has 6 heteroatoms. The van der Waals surface area contributed by atoms with Crippen LogP contribution in [0.15, 0.2) is 18.2 Å². The predicted octanol–water partition coefficient (Wildman–Crippen LogP) is 2.99. The van der Waals surface area contributed by atoms with E-state index in [1.54, 1.807) is 6.07 Å². The highest BCUT2D eigenvalue weighted by atomic mass is 35.5. The number of carbonyl (C=O) groups is 2. The third-order valence-electron chi connectivity index (χ3n) is 1.69. The second-order valence-electron chi connectivity index (χ2n) is 2.93. The largest absolute Gasteiger partial charge is 0.481 e. The highest BCUT2D eigenvalue weighted by Gasteiger charge is 2.11. The van der Waals surface area contributed by atoms with Gasteiger partial charge in [-0.15, -0.1) is 11.8 Å². The van der Waals surface area contributed by atoms with Gasteiger partial charge >= 0.3 is 5.97 Å². The van der Waals surface area contributed by atoms with Crippen LogP contribution in [0, 0.1) is 0 Å². The van der Waals surface area contributed by atoms with Crippen molar-refractivity contribution in [1.29, 1.82) is 0 Å². The van der Waals surface area contributed by atoms with Gasteiger partial charge in [-0.3, -0.25) is 9.59 Å². The molecule has 16 heavy (non-hydrogen) atoms. The molecule has 0 saturated heterocycles. The number of ketones is 1. The van der Waals surface area contributed by atoms with E-state index in [9.17, 15) is 9.59 Å². The normalized spacial score (nSPS) is 10.1. The van der Waals surface area contributed by atoms with Crippen molar-refractivity contribution < 1.29 is 14.7 Å². The van der Waals surface area contributed by atoms with E-state index in [1.165, 1.54) is 12.1 Å². The monoisotopic (exact) mass is 278 g/mol. The molecule has 0 heterocycles. The molecule has 0 aliphatic heterocycles. The minimum Gasteiger partial charge on any atom is -0.481 e. The number of Topliss-reactive ketones (excluding diaryl/α,β-unsaturated/α-hetero) is 1. The van der Waals surface area contributed by atoms with Crippen molar-refractivity contribution in [2.45, 2.75) is 0 Å². The summed E-state index contributed by atoms with van der Waals surface area (Å²) in [4.78, 5) is 21.9. The van der Waals surface area contributed by atoms with E-state index in [1.807, 2.05) is 0 Å². The van der Waals surface area contributed by atoms with Crippen LogP contribution in [-0.4, -0.2) is 28.4 Å². The molecule has 0 radical (unpaired) electrons. The molecule has 1 N–H and O–H groups in total. The Bertz CT molecular complexity index is 421. The second-order valence-corrected chi connectivity index (χ2v) is 4.76. The van der Waals surface area contributed by atoms with Gasteiger partial charge < -0.3 is 5.11 Å². The van der Waals surface area contributed by atoms with E-state index in [2.05, 4.69) is 0 Å². The molecule has 0 fully saturated rings. The highest BCUT2D eigenvalue weighted by Crippen LogP contribution is 2.22. The predicted molar refractivity (Wildman–Crippen MR) is 65.8 cm³/mol. The zero-order valence-corrected chi connectivity index (χ0v) is 10.4. The maximum atomic E-state index is 11.6. The molecule has 1 aromatic rings. The first kappa shape index (κ1) is 13.4. The van der Waals surface area contributed by atoms with Gasteiger partial charge in [0.15, 0.2) is 5.78 Å². The molecular weight excluding hydrogens is 271 g/mol. The summed E-state index contributed by atoms with van der Waals surface area (Å²) in [5.41, 5.74) is 0.365. The van der Waals surface area contributed by atoms with Crippen molar-refractivity contribution in [1.82, 2.24) is 0 Å². The summed E-state index contributed by atoms with van der Waals surface area (Å²) in [7, 11) is 0. The van der Waals surface area contributed by atoms with Gasteiger partial charge in [-0.05, 0) is 18.2 Å². The van der Waals surface area contributed by atoms with Gasteiger partial charge in [-0.25, -0.2) is 0 Å². The molecule has 0 unspecified atom stereocenters. The van der Waals surface area contributed by atoms with E-state index in [0.29, 0.717) is 10.6 Å². The number of thioether (sulfide) groups is 1. The minimum atomic E-state index is -0.944. The SMILES string of the molecule is O=C(O)CSCC(=O)c1ccc(Cl)cc1Cl. The molecule has 0 aliphatic rings. The maximum Gasteiger partial charge on any atom is 0.313 e. The first-order chi connectivity index (χ1) is 7.50. The van der Waals surface area contributed by atoms with Gasteiger partial charge in [-0.2, -0.15) is 0 Å². The Morgan fingerprint density at radius 2 is 1.94 bits per heavy atom. The van der Waals surface area contributed by atoms with Crippen LogP contribution in [0.1, 0.15) is 10.4 Å². The molecule has 86 valence electrons. The lowest BCUT2D eigenvalue weighted by molar-refractivity contribution is -0.133. The quantitative estimate of drug-likeness (QED) is 0.842. The third kappa shape index (κ3) is 4.04. The number of hydrogen-bond donors (Lipinski definition) is 1. The second kappa shape index (κ2) is 6.13. The average Bonchev–Trinajstić information content (AvgIpc) is 2.16. The van der Waals surface area contributed by atoms with Crippen LogP contribution in [-0.2, 0) is 4.79 Å². The summed E-state index contributed by atoms with van der Waals surface area (Å²) < 4.78 is 0. The minimum absolute atomic E-state index is 0.0909. The lowest BCUT2D eigenvalue weighted by atomic mass is 10.1. The fourth-order valence-electron chi connectivity index (χ4n) is 1.02. The van der Waals surface area contributed by atoms with Crippen LogP contribution in [0.25, 0.3) is 0 Å². The summed E-state index contributed by atoms with van der Waals surface area (Å²) >= 11 is 12.6. The number of rotatable bonds is 5. The maximum absolute atomic E-state index is 11.6. The van der Waals surface area contributed by atoms with Gasteiger partial charge in [0.1, 0.15) is 0 Å². The van der Waals surface area contributed by atoms with Crippen molar-refractivity contribution in [3.8, 4) is 0 Å². The molecule has 0 saturated carbocycles. The lowest BCUT2D eigenvalue weighted by Gasteiger charge is -2.02. The Kier molecular flexibility index (Phi) is 5.12. The molecule has 0 spiro atoms. The Morgan fingerprint density at radius 1 is 1.25 bits per heavy atom. The van der Waals surface area contributed by atoms with Crippen LogP contribution in [0.3, 0.4) is 0 Å². The van der Waals surface area contributed by atoms with E-state index in [-0.39, 0.29) is 22.3 Å². The van der Waals surface area contributed by atoms with Crippen molar-refractivity contribution in [3.05, 3.63) is 33.8 Å². The Labute approximate surface area is 107 Å². The smallest absolute Gasteiger partial charge is 0.313 e. The topological polar surface area (TPSA) is 54.4 Å². The van der Waals surface area contributed by atoms with E-state index < -0.39 is 5.97 Å². The van der Waals surface area contributed by atoms with Crippen molar-refractivity contribution in [3.63, 3.8) is 0 Å². The zero-order chi connectivity index (χ0) is 12.1.